The van der Waals surface area contributed by atoms with Gasteiger partial charge in [0.1, 0.15) is 33.4 Å². The Kier molecular flexibility index (Phi) is 5.12. The Morgan fingerprint density at radius 3 is 2.68 bits per heavy atom. The number of hydrogen-bond acceptors (Lipinski definition) is 7. The Labute approximate surface area is 216 Å². The highest BCUT2D eigenvalue weighted by Crippen LogP contribution is 2.42. The van der Waals surface area contributed by atoms with Crippen molar-refractivity contribution in [3.8, 4) is 11.4 Å². The van der Waals surface area contributed by atoms with Crippen LogP contribution in [-0.2, 0) is 0 Å². The van der Waals surface area contributed by atoms with Crippen LogP contribution in [0.4, 0.5) is 23.4 Å². The number of thiophene rings is 1. The molecule has 1 aliphatic rings. The Morgan fingerprint density at radius 2 is 1.92 bits per heavy atom. The van der Waals surface area contributed by atoms with Crippen molar-refractivity contribution in [2.75, 3.05) is 5.32 Å². The molecule has 6 aromatic rings. The van der Waals surface area contributed by atoms with E-state index in [0.717, 1.165) is 5.56 Å². The van der Waals surface area contributed by atoms with Gasteiger partial charge in [0.15, 0.2) is 11.5 Å². The summed E-state index contributed by atoms with van der Waals surface area (Å²) in [6.07, 6.45) is -2.14. The summed E-state index contributed by atoms with van der Waals surface area (Å²) in [6.45, 7) is 1.75. The van der Waals surface area contributed by atoms with Crippen LogP contribution in [-0.4, -0.2) is 40.8 Å². The first kappa shape index (κ1) is 23.0. The summed E-state index contributed by atoms with van der Waals surface area (Å²) in [4.78, 5) is 13.8. The molecule has 0 aliphatic carbocycles. The molecule has 0 amide bonds. The second-order valence-electron chi connectivity index (χ2n) is 9.17. The third kappa shape index (κ3) is 3.45. The quantitative estimate of drug-likeness (QED) is 0.263. The standard InChI is InChI=1S/C25H18F4N8S/c1-11-7-15(20(26)27)33-25-17(11)18-19(38-25)24-34-22(35-36(24)10-30-18)13-9-31-37-16(21(28)29)8-14(32-23(13)37)12-5-3-2-4-6-12/h2-7,9-10,14,16,20-21,32H,8H2,1H3/t14-,16-/m0/s1. The Morgan fingerprint density at radius 1 is 1.11 bits per heavy atom. The van der Waals surface area contributed by atoms with Crippen LogP contribution in [0.1, 0.15) is 41.8 Å². The molecule has 7 rings (SSSR count). The fourth-order valence-electron chi connectivity index (χ4n) is 5.06. The molecule has 0 bridgehead atoms. The van der Waals surface area contributed by atoms with Crippen molar-refractivity contribution in [2.45, 2.75) is 38.3 Å². The van der Waals surface area contributed by atoms with E-state index in [9.17, 15) is 17.6 Å². The molecular weight excluding hydrogens is 520 g/mol. The van der Waals surface area contributed by atoms with Crippen molar-refractivity contribution in [3.05, 3.63) is 65.7 Å². The monoisotopic (exact) mass is 538 g/mol. The molecule has 0 saturated carbocycles. The minimum absolute atomic E-state index is 0.174. The van der Waals surface area contributed by atoms with Gasteiger partial charge >= 0.3 is 0 Å². The summed E-state index contributed by atoms with van der Waals surface area (Å²) >= 11 is 1.21. The average molecular weight is 539 g/mol. The highest BCUT2D eigenvalue weighted by Gasteiger charge is 2.36. The first-order valence-electron chi connectivity index (χ1n) is 11.8. The zero-order valence-electron chi connectivity index (χ0n) is 19.7. The van der Waals surface area contributed by atoms with Crippen LogP contribution >= 0.6 is 11.3 Å². The van der Waals surface area contributed by atoms with Crippen LogP contribution in [0.3, 0.4) is 0 Å². The molecule has 8 nitrogen and oxygen atoms in total. The molecule has 1 aromatic carbocycles. The van der Waals surface area contributed by atoms with E-state index in [1.54, 1.807) is 6.92 Å². The third-order valence-electron chi connectivity index (χ3n) is 6.84. The van der Waals surface area contributed by atoms with Crippen molar-refractivity contribution in [1.29, 1.82) is 0 Å². The number of fused-ring (bicyclic) bond motifs is 6. The maximum atomic E-state index is 14.1. The molecule has 1 N–H and O–H groups in total. The van der Waals surface area contributed by atoms with Gasteiger partial charge in [0, 0.05) is 5.39 Å². The second kappa shape index (κ2) is 8.45. The van der Waals surface area contributed by atoms with Crippen LogP contribution in [0, 0.1) is 6.92 Å². The van der Waals surface area contributed by atoms with Crippen LogP contribution in [0.25, 0.3) is 37.5 Å². The van der Waals surface area contributed by atoms with Crippen molar-refractivity contribution >= 4 is 43.2 Å². The summed E-state index contributed by atoms with van der Waals surface area (Å²) < 4.78 is 58.2. The molecule has 0 radical (unpaired) electrons. The van der Waals surface area contributed by atoms with Crippen molar-refractivity contribution in [3.63, 3.8) is 0 Å². The van der Waals surface area contributed by atoms with Crippen LogP contribution in [0.5, 0.6) is 0 Å². The number of rotatable bonds is 4. The second-order valence-corrected chi connectivity index (χ2v) is 10.2. The van der Waals surface area contributed by atoms with E-state index in [-0.39, 0.29) is 24.0 Å². The highest BCUT2D eigenvalue weighted by molar-refractivity contribution is 7.26. The van der Waals surface area contributed by atoms with Gasteiger partial charge in [-0.15, -0.1) is 16.4 Å². The Bertz CT molecular complexity index is 1830. The number of anilines is 1. The lowest BCUT2D eigenvalue weighted by Gasteiger charge is -2.32. The third-order valence-corrected chi connectivity index (χ3v) is 7.91. The van der Waals surface area contributed by atoms with Gasteiger partial charge in [-0.2, -0.15) is 5.10 Å². The number of pyridine rings is 1. The molecule has 192 valence electrons. The molecular formula is C25H18F4N8S. The predicted molar refractivity (Wildman–Crippen MR) is 135 cm³/mol. The maximum absolute atomic E-state index is 14.1. The fourth-order valence-corrected chi connectivity index (χ4v) is 6.25. The smallest absolute Gasteiger partial charge is 0.280 e. The van der Waals surface area contributed by atoms with Crippen molar-refractivity contribution < 1.29 is 17.6 Å². The van der Waals surface area contributed by atoms with Crippen molar-refractivity contribution in [2.24, 2.45) is 0 Å². The van der Waals surface area contributed by atoms with Crippen LogP contribution in [0.15, 0.2) is 48.9 Å². The van der Waals surface area contributed by atoms with E-state index >= 15 is 0 Å². The van der Waals surface area contributed by atoms with Gasteiger partial charge in [0.2, 0.25) is 0 Å². The molecule has 0 unspecified atom stereocenters. The Balaban J connectivity index is 1.37. The van der Waals surface area contributed by atoms with Gasteiger partial charge in [-0.1, -0.05) is 30.3 Å². The molecule has 0 fully saturated rings. The number of aromatic nitrogens is 7. The summed E-state index contributed by atoms with van der Waals surface area (Å²) in [5.41, 5.74) is 2.78. The number of halogens is 4. The lowest BCUT2D eigenvalue weighted by Crippen LogP contribution is -2.31. The minimum Gasteiger partial charge on any atom is -0.363 e. The topological polar surface area (TPSA) is 85.8 Å². The van der Waals surface area contributed by atoms with E-state index in [4.69, 9.17) is 4.98 Å². The number of hydrogen-bond donors (Lipinski definition) is 1. The number of nitrogens with zero attached hydrogens (tertiary/aromatic N) is 7. The van der Waals surface area contributed by atoms with Crippen LogP contribution < -0.4 is 5.32 Å². The minimum atomic E-state index is -2.69. The van der Waals surface area contributed by atoms with Gasteiger partial charge in [0.05, 0.1) is 23.3 Å². The predicted octanol–water partition coefficient (Wildman–Crippen LogP) is 6.36. The van der Waals surface area contributed by atoms with E-state index in [1.165, 1.54) is 39.1 Å². The summed E-state index contributed by atoms with van der Waals surface area (Å²) in [6, 6.07) is 9.32. The SMILES string of the molecule is Cc1cc(C(F)F)nc2sc3c(ncn4nc(-c5cnn6c5N[C@H](c5ccccc5)C[C@H]6C(F)F)nc34)c12. The normalized spacial score (nSPS) is 17.7. The summed E-state index contributed by atoms with van der Waals surface area (Å²) in [5.74, 6) is 0.691. The maximum Gasteiger partial charge on any atom is 0.280 e. The number of nitrogens with one attached hydrogen (secondary N) is 1. The Hall–Kier alpha value is -4.13. The molecule has 2 atom stereocenters. The lowest BCUT2D eigenvalue weighted by molar-refractivity contribution is 0.0659. The largest absolute Gasteiger partial charge is 0.363 e. The molecule has 0 saturated heterocycles. The van der Waals surface area contributed by atoms with Crippen LogP contribution in [0.2, 0.25) is 0 Å². The van der Waals surface area contributed by atoms with E-state index in [1.807, 2.05) is 30.3 Å². The molecule has 13 heteroatoms. The first-order valence-corrected chi connectivity index (χ1v) is 12.6. The zero-order valence-corrected chi connectivity index (χ0v) is 20.5. The van der Waals surface area contributed by atoms with Crippen molar-refractivity contribution in [1.82, 2.24) is 34.3 Å². The number of alkyl halides is 4. The molecule has 6 heterocycles. The first-order chi connectivity index (χ1) is 18.4. The molecule has 1 aliphatic heterocycles. The van der Waals surface area contributed by atoms with Gasteiger partial charge in [-0.3, -0.25) is 0 Å². The fraction of sp³-hybridized carbons (Fsp3) is 0.240. The highest BCUT2D eigenvalue weighted by atomic mass is 32.1. The van der Waals surface area contributed by atoms with Gasteiger partial charge in [0.25, 0.3) is 12.9 Å². The van der Waals surface area contributed by atoms with E-state index in [0.29, 0.717) is 43.0 Å². The van der Waals surface area contributed by atoms with E-state index < -0.39 is 18.9 Å². The number of aryl methyl sites for hydroxylation is 1. The lowest BCUT2D eigenvalue weighted by atomic mass is 9.97. The molecule has 5 aromatic heterocycles. The zero-order chi connectivity index (χ0) is 26.1. The van der Waals surface area contributed by atoms with Gasteiger partial charge in [-0.25, -0.2) is 41.7 Å². The molecule has 38 heavy (non-hydrogen) atoms. The van der Waals surface area contributed by atoms with Gasteiger partial charge < -0.3 is 5.32 Å². The van der Waals surface area contributed by atoms with E-state index in [2.05, 4.69) is 25.5 Å². The molecule has 0 spiro atoms. The number of benzene rings is 1. The average Bonchev–Trinajstić information content (AvgIpc) is 3.62. The summed E-state index contributed by atoms with van der Waals surface area (Å²) in [7, 11) is 0. The summed E-state index contributed by atoms with van der Waals surface area (Å²) in [5, 5.41) is 12.9. The van der Waals surface area contributed by atoms with Gasteiger partial charge in [-0.05, 0) is 30.5 Å².